The van der Waals surface area contributed by atoms with Crippen LogP contribution in [0.3, 0.4) is 0 Å². The highest BCUT2D eigenvalue weighted by Gasteiger charge is 2.12. The molecule has 1 heterocycles. The normalized spacial score (nSPS) is 10.7. The van der Waals surface area contributed by atoms with E-state index >= 15 is 0 Å². The van der Waals surface area contributed by atoms with Crippen molar-refractivity contribution in [2.24, 2.45) is 0 Å². The first-order valence-corrected chi connectivity index (χ1v) is 10.2. The van der Waals surface area contributed by atoms with Crippen LogP contribution in [0.5, 0.6) is 5.75 Å². The second kappa shape index (κ2) is 9.82. The number of amides is 1. The van der Waals surface area contributed by atoms with E-state index in [0.29, 0.717) is 21.6 Å². The lowest BCUT2D eigenvalue weighted by Crippen LogP contribution is -2.14. The van der Waals surface area contributed by atoms with Gasteiger partial charge in [-0.25, -0.2) is 0 Å². The van der Waals surface area contributed by atoms with E-state index in [2.05, 4.69) is 22.4 Å². The van der Waals surface area contributed by atoms with Gasteiger partial charge in [-0.15, -0.1) is 10.2 Å². The number of rotatable bonds is 8. The molecule has 0 bridgehead atoms. The zero-order chi connectivity index (χ0) is 19.9. The zero-order valence-corrected chi connectivity index (χ0v) is 17.3. The van der Waals surface area contributed by atoms with Gasteiger partial charge in [-0.3, -0.25) is 4.79 Å². The Balaban J connectivity index is 1.47. The Morgan fingerprint density at radius 1 is 1.18 bits per heavy atom. The first-order valence-electron chi connectivity index (χ1n) is 8.45. The van der Waals surface area contributed by atoms with Crippen LogP contribution in [-0.2, 0) is 17.8 Å². The van der Waals surface area contributed by atoms with E-state index in [4.69, 9.17) is 32.4 Å². The number of hydrogen-bond donors (Lipinski definition) is 1. The highest BCUT2D eigenvalue weighted by molar-refractivity contribution is 7.99. The summed E-state index contributed by atoms with van der Waals surface area (Å²) in [5.41, 5.74) is 1.69. The van der Waals surface area contributed by atoms with Gasteiger partial charge in [0.25, 0.3) is 11.1 Å². The number of nitrogens with zero attached hydrogens (tertiary/aromatic N) is 2. The molecule has 0 saturated carbocycles. The van der Waals surface area contributed by atoms with Gasteiger partial charge < -0.3 is 14.5 Å². The van der Waals surface area contributed by atoms with Crippen molar-refractivity contribution in [1.82, 2.24) is 10.2 Å². The fourth-order valence-electron chi connectivity index (χ4n) is 2.23. The Bertz CT molecular complexity index is 948. The quantitative estimate of drug-likeness (QED) is 0.484. The number of benzene rings is 2. The number of nitrogens with one attached hydrogen (secondary N) is 1. The smallest absolute Gasteiger partial charge is 0.277 e. The van der Waals surface area contributed by atoms with Gasteiger partial charge in [-0.1, -0.05) is 54.0 Å². The fourth-order valence-corrected chi connectivity index (χ4v) is 3.15. The standard InChI is InChI=1S/C19H17Cl2N3O3S/c1-2-12-3-6-14(7-4-12)26-10-18-23-24-19(27-18)28-11-17(25)22-16-9-13(20)5-8-15(16)21/h3-9H,2,10-11H2,1H3,(H,22,25). The third-order valence-electron chi connectivity index (χ3n) is 3.67. The molecule has 3 aromatic rings. The molecule has 0 aliphatic rings. The molecule has 0 atom stereocenters. The molecule has 0 unspecified atom stereocenters. The topological polar surface area (TPSA) is 77.2 Å². The molecule has 0 aliphatic heterocycles. The molecule has 28 heavy (non-hydrogen) atoms. The maximum Gasteiger partial charge on any atom is 0.277 e. The first kappa shape index (κ1) is 20.5. The number of carbonyl (C=O) groups excluding carboxylic acids is 1. The highest BCUT2D eigenvalue weighted by Crippen LogP contribution is 2.26. The minimum Gasteiger partial charge on any atom is -0.484 e. The molecule has 0 radical (unpaired) electrons. The molecule has 0 saturated heterocycles. The molecular weight excluding hydrogens is 421 g/mol. The number of aryl methyl sites for hydroxylation is 1. The van der Waals surface area contributed by atoms with Gasteiger partial charge in [0.15, 0.2) is 6.61 Å². The van der Waals surface area contributed by atoms with Crippen LogP contribution in [0.4, 0.5) is 5.69 Å². The molecule has 1 amide bonds. The van der Waals surface area contributed by atoms with Gasteiger partial charge in [0.1, 0.15) is 5.75 Å². The van der Waals surface area contributed by atoms with Crippen LogP contribution < -0.4 is 10.1 Å². The van der Waals surface area contributed by atoms with Gasteiger partial charge in [-0.2, -0.15) is 0 Å². The van der Waals surface area contributed by atoms with Crippen molar-refractivity contribution in [3.63, 3.8) is 0 Å². The van der Waals surface area contributed by atoms with Crippen molar-refractivity contribution in [2.75, 3.05) is 11.1 Å². The molecule has 1 N–H and O–H groups in total. The molecule has 6 nitrogen and oxygen atoms in total. The average molecular weight is 438 g/mol. The van der Waals surface area contributed by atoms with Gasteiger partial charge in [0.05, 0.1) is 16.5 Å². The summed E-state index contributed by atoms with van der Waals surface area (Å²) in [6.45, 7) is 2.25. The number of ether oxygens (including phenoxy) is 1. The van der Waals surface area contributed by atoms with Crippen LogP contribution in [0.2, 0.25) is 10.0 Å². The molecule has 9 heteroatoms. The van der Waals surface area contributed by atoms with E-state index in [1.807, 2.05) is 24.3 Å². The molecule has 3 rings (SSSR count). The fraction of sp³-hybridized carbons (Fsp3) is 0.211. The summed E-state index contributed by atoms with van der Waals surface area (Å²) in [6.07, 6.45) is 0.974. The zero-order valence-electron chi connectivity index (χ0n) is 14.9. The van der Waals surface area contributed by atoms with E-state index in [1.54, 1.807) is 18.2 Å². The first-order chi connectivity index (χ1) is 13.5. The number of carbonyl (C=O) groups is 1. The average Bonchev–Trinajstić information content (AvgIpc) is 3.16. The van der Waals surface area contributed by atoms with E-state index < -0.39 is 0 Å². The van der Waals surface area contributed by atoms with E-state index in [0.717, 1.165) is 23.9 Å². The maximum absolute atomic E-state index is 12.1. The number of halogens is 2. The molecule has 2 aromatic carbocycles. The van der Waals surface area contributed by atoms with Crippen molar-refractivity contribution in [3.8, 4) is 5.75 Å². The van der Waals surface area contributed by atoms with Gasteiger partial charge in [-0.05, 0) is 42.3 Å². The van der Waals surface area contributed by atoms with Crippen LogP contribution >= 0.6 is 35.0 Å². The summed E-state index contributed by atoms with van der Waals surface area (Å²) in [7, 11) is 0. The minimum atomic E-state index is -0.263. The third kappa shape index (κ3) is 5.89. The van der Waals surface area contributed by atoms with Crippen LogP contribution in [0.15, 0.2) is 52.1 Å². The summed E-state index contributed by atoms with van der Waals surface area (Å²) in [6, 6.07) is 12.7. The van der Waals surface area contributed by atoms with Gasteiger partial charge >= 0.3 is 0 Å². The van der Waals surface area contributed by atoms with Crippen LogP contribution in [0.1, 0.15) is 18.4 Å². The van der Waals surface area contributed by atoms with Crippen molar-refractivity contribution in [1.29, 1.82) is 0 Å². The Morgan fingerprint density at radius 2 is 1.96 bits per heavy atom. The van der Waals surface area contributed by atoms with Gasteiger partial charge in [0.2, 0.25) is 5.91 Å². The summed E-state index contributed by atoms with van der Waals surface area (Å²) in [5, 5.41) is 11.7. The summed E-state index contributed by atoms with van der Waals surface area (Å²) in [5.74, 6) is 0.882. The van der Waals surface area contributed by atoms with E-state index in [9.17, 15) is 4.79 Å². The van der Waals surface area contributed by atoms with Crippen molar-refractivity contribution < 1.29 is 13.9 Å². The summed E-state index contributed by atoms with van der Waals surface area (Å²) >= 11 is 13.1. The second-order valence-corrected chi connectivity index (χ2v) is 7.48. The van der Waals surface area contributed by atoms with Gasteiger partial charge in [0, 0.05) is 5.02 Å². The Kier molecular flexibility index (Phi) is 7.19. The summed E-state index contributed by atoms with van der Waals surface area (Å²) < 4.78 is 11.1. The molecule has 0 aliphatic carbocycles. The molecule has 0 spiro atoms. The molecule has 146 valence electrons. The lowest BCUT2D eigenvalue weighted by molar-refractivity contribution is -0.113. The predicted octanol–water partition coefficient (Wildman–Crippen LogP) is 5.25. The Hall–Kier alpha value is -2.22. The van der Waals surface area contributed by atoms with Crippen LogP contribution in [0, 0.1) is 0 Å². The lowest BCUT2D eigenvalue weighted by atomic mass is 10.2. The van der Waals surface area contributed by atoms with Crippen molar-refractivity contribution >= 4 is 46.6 Å². The Morgan fingerprint density at radius 3 is 2.71 bits per heavy atom. The maximum atomic E-state index is 12.1. The lowest BCUT2D eigenvalue weighted by Gasteiger charge is -2.06. The number of hydrogen-bond acceptors (Lipinski definition) is 6. The Labute approximate surface area is 176 Å². The third-order valence-corrected chi connectivity index (χ3v) is 5.05. The number of anilines is 1. The molecular formula is C19H17Cl2N3O3S. The largest absolute Gasteiger partial charge is 0.484 e. The number of thioether (sulfide) groups is 1. The molecule has 1 aromatic heterocycles. The van der Waals surface area contributed by atoms with Crippen LogP contribution in [0.25, 0.3) is 0 Å². The monoisotopic (exact) mass is 437 g/mol. The molecule has 0 fully saturated rings. The SMILES string of the molecule is CCc1ccc(OCc2nnc(SCC(=O)Nc3cc(Cl)ccc3Cl)o2)cc1. The second-order valence-electron chi connectivity index (χ2n) is 5.71. The predicted molar refractivity (Wildman–Crippen MR) is 110 cm³/mol. The summed E-state index contributed by atoms with van der Waals surface area (Å²) in [4.78, 5) is 12.1. The number of aromatic nitrogens is 2. The van der Waals surface area contributed by atoms with Crippen LogP contribution in [-0.4, -0.2) is 21.9 Å². The van der Waals surface area contributed by atoms with E-state index in [1.165, 1.54) is 5.56 Å². The van der Waals surface area contributed by atoms with Crippen molar-refractivity contribution in [2.45, 2.75) is 25.2 Å². The van der Waals surface area contributed by atoms with E-state index in [-0.39, 0.29) is 23.5 Å². The highest BCUT2D eigenvalue weighted by atomic mass is 35.5. The minimum absolute atomic E-state index is 0.0871. The van der Waals surface area contributed by atoms with Crippen molar-refractivity contribution in [3.05, 3.63) is 64.0 Å².